The Balaban J connectivity index is 1.92. The summed E-state index contributed by atoms with van der Waals surface area (Å²) in [5.74, 6) is -3.27. The predicted molar refractivity (Wildman–Crippen MR) is 111 cm³/mol. The fourth-order valence-electron chi connectivity index (χ4n) is 2.66. The summed E-state index contributed by atoms with van der Waals surface area (Å²) in [6.07, 6.45) is 1.55. The molecule has 0 bridgehead atoms. The molecule has 14 nitrogen and oxygen atoms in total. The largest absolute Gasteiger partial charge is 0.463 e. The highest BCUT2D eigenvalue weighted by Crippen LogP contribution is 2.10. The fourth-order valence-corrected chi connectivity index (χ4v) is 2.66. The van der Waals surface area contributed by atoms with E-state index in [0.717, 1.165) is 12.2 Å². The van der Waals surface area contributed by atoms with Gasteiger partial charge < -0.3 is 40.2 Å². The second-order valence-corrected chi connectivity index (χ2v) is 6.52. The SMILES string of the molecule is CCOC(=O)C1=C(COC(=O)/C=C/C(=O)OCC2=C(C(=O)OCC)CNC(=O)N2)NC(=O)NC1. The number of urea groups is 2. The van der Waals surface area contributed by atoms with Gasteiger partial charge in [0.25, 0.3) is 0 Å². The molecular formula is C20H24N4O10. The number of rotatable bonds is 10. The number of hydrogen-bond donors (Lipinski definition) is 4. The normalized spacial score (nSPS) is 15.6. The summed E-state index contributed by atoms with van der Waals surface area (Å²) in [5, 5.41) is 9.53. The van der Waals surface area contributed by atoms with Crippen LogP contribution in [0.25, 0.3) is 0 Å². The third-order valence-electron chi connectivity index (χ3n) is 4.23. The molecule has 4 amide bonds. The van der Waals surface area contributed by atoms with Crippen LogP contribution in [0.2, 0.25) is 0 Å². The number of amides is 4. The van der Waals surface area contributed by atoms with E-state index < -0.39 is 49.2 Å². The van der Waals surface area contributed by atoms with Gasteiger partial charge in [0.1, 0.15) is 13.2 Å². The maximum Gasteiger partial charge on any atom is 0.337 e. The third kappa shape index (κ3) is 7.65. The molecule has 14 heteroatoms. The Morgan fingerprint density at radius 1 is 0.706 bits per heavy atom. The Morgan fingerprint density at radius 3 is 1.44 bits per heavy atom. The average Bonchev–Trinajstić information content (AvgIpc) is 2.80. The number of esters is 4. The monoisotopic (exact) mass is 480 g/mol. The molecule has 0 aromatic rings. The van der Waals surface area contributed by atoms with E-state index in [9.17, 15) is 28.8 Å². The molecule has 0 radical (unpaired) electrons. The van der Waals surface area contributed by atoms with Gasteiger partial charge >= 0.3 is 35.9 Å². The molecule has 2 aliphatic rings. The quantitative estimate of drug-likeness (QED) is 0.170. The lowest BCUT2D eigenvalue weighted by Crippen LogP contribution is -2.45. The molecule has 184 valence electrons. The molecule has 2 heterocycles. The van der Waals surface area contributed by atoms with E-state index in [1.54, 1.807) is 13.8 Å². The number of carbonyl (C=O) groups excluding carboxylic acids is 6. The van der Waals surface area contributed by atoms with Crippen LogP contribution in [-0.4, -0.2) is 75.5 Å². The van der Waals surface area contributed by atoms with Crippen molar-refractivity contribution in [1.29, 1.82) is 0 Å². The maximum absolute atomic E-state index is 11.9. The van der Waals surface area contributed by atoms with Crippen LogP contribution in [0.5, 0.6) is 0 Å². The first-order chi connectivity index (χ1) is 16.2. The predicted octanol–water partition coefficient (Wildman–Crippen LogP) is -1.11. The zero-order chi connectivity index (χ0) is 25.1. The Morgan fingerprint density at radius 2 is 1.09 bits per heavy atom. The average molecular weight is 480 g/mol. The van der Waals surface area contributed by atoms with E-state index in [1.807, 2.05) is 0 Å². The minimum Gasteiger partial charge on any atom is -0.463 e. The lowest BCUT2D eigenvalue weighted by Gasteiger charge is -2.21. The second kappa shape index (κ2) is 12.6. The van der Waals surface area contributed by atoms with Gasteiger partial charge in [-0.3, -0.25) is 0 Å². The molecule has 0 saturated heterocycles. The van der Waals surface area contributed by atoms with Crippen molar-refractivity contribution in [1.82, 2.24) is 21.3 Å². The van der Waals surface area contributed by atoms with Crippen LogP contribution in [0, 0.1) is 0 Å². The zero-order valence-corrected chi connectivity index (χ0v) is 18.5. The fraction of sp³-hybridized carbons (Fsp3) is 0.400. The molecule has 0 aliphatic carbocycles. The van der Waals surface area contributed by atoms with E-state index in [1.165, 1.54) is 0 Å². The number of carbonyl (C=O) groups is 6. The van der Waals surface area contributed by atoms with Gasteiger partial charge in [-0.2, -0.15) is 0 Å². The van der Waals surface area contributed by atoms with Crippen molar-refractivity contribution >= 4 is 35.9 Å². The van der Waals surface area contributed by atoms with Crippen molar-refractivity contribution < 1.29 is 47.7 Å². The molecule has 0 fully saturated rings. The van der Waals surface area contributed by atoms with Crippen LogP contribution in [0.15, 0.2) is 34.7 Å². The van der Waals surface area contributed by atoms with Crippen molar-refractivity contribution in [3.63, 3.8) is 0 Å². The molecule has 0 aromatic heterocycles. The van der Waals surface area contributed by atoms with Crippen LogP contribution in [0.3, 0.4) is 0 Å². The highest BCUT2D eigenvalue weighted by atomic mass is 16.5. The Kier molecular flexibility index (Phi) is 9.61. The van der Waals surface area contributed by atoms with E-state index in [-0.39, 0.29) is 48.8 Å². The molecule has 34 heavy (non-hydrogen) atoms. The summed E-state index contributed by atoms with van der Waals surface area (Å²) in [6, 6.07) is -1.17. The van der Waals surface area contributed by atoms with Crippen molar-refractivity contribution in [2.75, 3.05) is 39.5 Å². The van der Waals surface area contributed by atoms with Crippen molar-refractivity contribution in [2.45, 2.75) is 13.8 Å². The first kappa shape index (κ1) is 25.9. The van der Waals surface area contributed by atoms with Gasteiger partial charge in [-0.25, -0.2) is 28.8 Å². The molecule has 0 atom stereocenters. The summed E-state index contributed by atoms with van der Waals surface area (Å²) in [5.41, 5.74) is 0.276. The summed E-state index contributed by atoms with van der Waals surface area (Å²) < 4.78 is 19.7. The van der Waals surface area contributed by atoms with Crippen LogP contribution in [0.4, 0.5) is 9.59 Å². The van der Waals surface area contributed by atoms with Gasteiger partial charge in [0.15, 0.2) is 0 Å². The van der Waals surface area contributed by atoms with Gasteiger partial charge in [0, 0.05) is 12.2 Å². The Bertz CT molecular complexity index is 890. The standard InChI is InChI=1S/C20H24N4O10/c1-3-31-17(27)11-7-21-19(29)23-13(11)9-33-15(25)5-6-16(26)34-10-14-12(18(28)32-4-2)8-22-20(30)24-14/h5-6H,3-4,7-10H2,1-2H3,(H2,21,23,29)(H2,22,24,30)/b6-5+. The number of hydrogen-bond acceptors (Lipinski definition) is 10. The van der Waals surface area contributed by atoms with E-state index in [0.29, 0.717) is 0 Å². The van der Waals surface area contributed by atoms with Gasteiger partial charge in [-0.1, -0.05) is 0 Å². The molecule has 0 unspecified atom stereocenters. The van der Waals surface area contributed by atoms with Crippen molar-refractivity contribution in [3.05, 3.63) is 34.7 Å². The Hall–Kier alpha value is -4.36. The van der Waals surface area contributed by atoms with E-state index in [2.05, 4.69) is 21.3 Å². The number of ether oxygens (including phenoxy) is 4. The summed E-state index contributed by atoms with van der Waals surface area (Å²) in [4.78, 5) is 70.7. The highest BCUT2D eigenvalue weighted by Gasteiger charge is 2.25. The van der Waals surface area contributed by atoms with Crippen LogP contribution >= 0.6 is 0 Å². The van der Waals surface area contributed by atoms with Crippen LogP contribution < -0.4 is 21.3 Å². The molecular weight excluding hydrogens is 456 g/mol. The lowest BCUT2D eigenvalue weighted by atomic mass is 10.2. The Labute approximate surface area is 193 Å². The lowest BCUT2D eigenvalue weighted by molar-refractivity contribution is -0.140. The number of nitrogens with one attached hydrogen (secondary N) is 4. The van der Waals surface area contributed by atoms with Gasteiger partial charge in [0.05, 0.1) is 48.8 Å². The van der Waals surface area contributed by atoms with E-state index >= 15 is 0 Å². The van der Waals surface area contributed by atoms with E-state index in [4.69, 9.17) is 18.9 Å². The second-order valence-electron chi connectivity index (χ2n) is 6.52. The van der Waals surface area contributed by atoms with Crippen molar-refractivity contribution in [3.8, 4) is 0 Å². The topological polar surface area (TPSA) is 187 Å². The minimum absolute atomic E-state index is 0.0478. The minimum atomic E-state index is -0.956. The maximum atomic E-state index is 11.9. The molecule has 2 aliphatic heterocycles. The molecule has 2 rings (SSSR count). The van der Waals surface area contributed by atoms with Crippen molar-refractivity contribution in [2.24, 2.45) is 0 Å². The van der Waals surface area contributed by atoms with Gasteiger partial charge in [-0.05, 0) is 13.8 Å². The third-order valence-corrected chi connectivity index (χ3v) is 4.23. The summed E-state index contributed by atoms with van der Waals surface area (Å²) in [7, 11) is 0. The zero-order valence-electron chi connectivity index (χ0n) is 18.5. The molecule has 0 aromatic carbocycles. The van der Waals surface area contributed by atoms with Gasteiger partial charge in [0.2, 0.25) is 0 Å². The summed E-state index contributed by atoms with van der Waals surface area (Å²) >= 11 is 0. The molecule has 0 spiro atoms. The smallest absolute Gasteiger partial charge is 0.337 e. The van der Waals surface area contributed by atoms with Crippen LogP contribution in [-0.2, 0) is 38.1 Å². The first-order valence-corrected chi connectivity index (χ1v) is 10.1. The highest BCUT2D eigenvalue weighted by molar-refractivity contribution is 5.95. The van der Waals surface area contributed by atoms with Gasteiger partial charge in [-0.15, -0.1) is 0 Å². The summed E-state index contributed by atoms with van der Waals surface area (Å²) in [6.45, 7) is 2.36. The first-order valence-electron chi connectivity index (χ1n) is 10.1. The molecule has 4 N–H and O–H groups in total. The van der Waals surface area contributed by atoms with Crippen LogP contribution in [0.1, 0.15) is 13.8 Å². The molecule has 0 saturated carbocycles.